The Bertz CT molecular complexity index is 250. The first kappa shape index (κ1) is 9.26. The van der Waals surface area contributed by atoms with Crippen LogP contribution in [0.25, 0.3) is 0 Å². The molecule has 0 aliphatic carbocycles. The van der Waals surface area contributed by atoms with E-state index in [2.05, 4.69) is 30.3 Å². The molecule has 0 saturated carbocycles. The van der Waals surface area contributed by atoms with Crippen molar-refractivity contribution in [1.82, 2.24) is 9.55 Å². The summed E-state index contributed by atoms with van der Waals surface area (Å²) in [6, 6.07) is 0. The first-order valence-electron chi connectivity index (χ1n) is 4.33. The van der Waals surface area contributed by atoms with Gasteiger partial charge in [-0.15, -0.1) is 0 Å². The Morgan fingerprint density at radius 1 is 1.58 bits per heavy atom. The highest BCUT2D eigenvalue weighted by atomic mass is 15.1. The molecule has 0 atom stereocenters. The summed E-state index contributed by atoms with van der Waals surface area (Å²) in [4.78, 5) is 4.19. The number of rotatable bonds is 3. The standard InChI is InChI=1S/C9H17N3/c1-4-9(2,3)12-6-8(5-10)11-7-12/h6-7H,4-5,10H2,1-3H3. The van der Waals surface area contributed by atoms with E-state index < -0.39 is 0 Å². The molecule has 0 aliphatic rings. The lowest BCUT2D eigenvalue weighted by Crippen LogP contribution is -2.23. The van der Waals surface area contributed by atoms with E-state index in [4.69, 9.17) is 5.73 Å². The van der Waals surface area contributed by atoms with E-state index in [1.54, 1.807) is 0 Å². The van der Waals surface area contributed by atoms with Gasteiger partial charge in [-0.2, -0.15) is 0 Å². The minimum Gasteiger partial charge on any atom is -0.332 e. The number of nitrogens with zero attached hydrogens (tertiary/aromatic N) is 2. The molecular formula is C9H17N3. The quantitative estimate of drug-likeness (QED) is 0.741. The van der Waals surface area contributed by atoms with E-state index in [1.807, 2.05) is 12.5 Å². The van der Waals surface area contributed by atoms with Crippen molar-refractivity contribution >= 4 is 0 Å². The molecule has 3 heteroatoms. The molecule has 0 aliphatic heterocycles. The number of aromatic nitrogens is 2. The van der Waals surface area contributed by atoms with E-state index in [1.165, 1.54) is 0 Å². The number of hydrogen-bond donors (Lipinski definition) is 1. The van der Waals surface area contributed by atoms with Crippen molar-refractivity contribution < 1.29 is 0 Å². The van der Waals surface area contributed by atoms with Crippen LogP contribution in [0.2, 0.25) is 0 Å². The van der Waals surface area contributed by atoms with E-state index in [9.17, 15) is 0 Å². The second-order valence-corrected chi connectivity index (χ2v) is 3.64. The monoisotopic (exact) mass is 167 g/mol. The van der Waals surface area contributed by atoms with E-state index in [-0.39, 0.29) is 5.54 Å². The fraction of sp³-hybridized carbons (Fsp3) is 0.667. The molecule has 3 nitrogen and oxygen atoms in total. The van der Waals surface area contributed by atoms with Gasteiger partial charge in [-0.25, -0.2) is 4.98 Å². The Balaban J connectivity index is 2.88. The summed E-state index contributed by atoms with van der Waals surface area (Å²) in [6.45, 7) is 7.07. The Labute approximate surface area is 73.6 Å². The Morgan fingerprint density at radius 2 is 2.25 bits per heavy atom. The Hall–Kier alpha value is -0.830. The fourth-order valence-electron chi connectivity index (χ4n) is 0.983. The van der Waals surface area contributed by atoms with Crippen LogP contribution < -0.4 is 5.73 Å². The molecule has 1 aromatic heterocycles. The van der Waals surface area contributed by atoms with E-state index in [0.29, 0.717) is 6.54 Å². The van der Waals surface area contributed by atoms with Crippen LogP contribution in [0.3, 0.4) is 0 Å². The molecule has 0 saturated heterocycles. The van der Waals surface area contributed by atoms with Gasteiger partial charge < -0.3 is 10.3 Å². The summed E-state index contributed by atoms with van der Waals surface area (Å²) < 4.78 is 2.12. The average molecular weight is 167 g/mol. The third-order valence-electron chi connectivity index (χ3n) is 2.41. The van der Waals surface area contributed by atoms with Crippen LogP contribution >= 0.6 is 0 Å². The van der Waals surface area contributed by atoms with Gasteiger partial charge in [0.1, 0.15) is 0 Å². The van der Waals surface area contributed by atoms with Crippen molar-refractivity contribution in [3.05, 3.63) is 18.2 Å². The largest absolute Gasteiger partial charge is 0.332 e. The van der Waals surface area contributed by atoms with Gasteiger partial charge in [0.25, 0.3) is 0 Å². The van der Waals surface area contributed by atoms with E-state index >= 15 is 0 Å². The Morgan fingerprint density at radius 3 is 2.67 bits per heavy atom. The molecular weight excluding hydrogens is 150 g/mol. The zero-order chi connectivity index (χ0) is 9.19. The topological polar surface area (TPSA) is 43.8 Å². The van der Waals surface area contributed by atoms with Gasteiger partial charge in [0.15, 0.2) is 0 Å². The maximum Gasteiger partial charge on any atom is 0.0955 e. The summed E-state index contributed by atoms with van der Waals surface area (Å²) in [5, 5.41) is 0. The molecule has 2 N–H and O–H groups in total. The summed E-state index contributed by atoms with van der Waals surface area (Å²) in [6.07, 6.45) is 4.96. The van der Waals surface area contributed by atoms with Gasteiger partial charge in [-0.05, 0) is 20.3 Å². The van der Waals surface area contributed by atoms with Crippen LogP contribution in [0.1, 0.15) is 32.9 Å². The molecule has 1 rings (SSSR count). The summed E-state index contributed by atoms with van der Waals surface area (Å²) >= 11 is 0. The highest BCUT2D eigenvalue weighted by Gasteiger charge is 2.16. The zero-order valence-electron chi connectivity index (χ0n) is 8.04. The summed E-state index contributed by atoms with van der Waals surface area (Å²) in [5.41, 5.74) is 6.58. The Kier molecular flexibility index (Phi) is 2.52. The van der Waals surface area contributed by atoms with Crippen molar-refractivity contribution in [3.8, 4) is 0 Å². The molecule has 1 aromatic rings. The van der Waals surface area contributed by atoms with Crippen LogP contribution in [0.15, 0.2) is 12.5 Å². The first-order valence-corrected chi connectivity index (χ1v) is 4.33. The molecule has 0 radical (unpaired) electrons. The highest BCUT2D eigenvalue weighted by Crippen LogP contribution is 2.18. The average Bonchev–Trinajstić information content (AvgIpc) is 2.52. The zero-order valence-corrected chi connectivity index (χ0v) is 8.04. The summed E-state index contributed by atoms with van der Waals surface area (Å²) in [7, 11) is 0. The normalized spacial score (nSPS) is 12.0. The number of hydrogen-bond acceptors (Lipinski definition) is 2. The number of nitrogens with two attached hydrogens (primary N) is 1. The fourth-order valence-corrected chi connectivity index (χ4v) is 0.983. The van der Waals surface area contributed by atoms with Crippen molar-refractivity contribution in [3.63, 3.8) is 0 Å². The SMILES string of the molecule is CCC(C)(C)n1cnc(CN)c1. The smallest absolute Gasteiger partial charge is 0.0955 e. The van der Waals surface area contributed by atoms with Crippen LogP contribution in [0.5, 0.6) is 0 Å². The van der Waals surface area contributed by atoms with E-state index in [0.717, 1.165) is 12.1 Å². The first-order chi connectivity index (χ1) is 5.60. The lowest BCUT2D eigenvalue weighted by molar-refractivity contribution is 0.341. The van der Waals surface area contributed by atoms with Gasteiger partial charge in [-0.1, -0.05) is 6.92 Å². The predicted molar refractivity (Wildman–Crippen MR) is 49.7 cm³/mol. The minimum absolute atomic E-state index is 0.153. The van der Waals surface area contributed by atoms with Crippen molar-refractivity contribution in [2.24, 2.45) is 5.73 Å². The second-order valence-electron chi connectivity index (χ2n) is 3.64. The minimum atomic E-state index is 0.153. The predicted octanol–water partition coefficient (Wildman–Crippen LogP) is 1.49. The molecule has 0 amide bonds. The molecule has 1 heterocycles. The highest BCUT2D eigenvalue weighted by molar-refractivity contribution is 4.98. The molecule has 0 aromatic carbocycles. The summed E-state index contributed by atoms with van der Waals surface area (Å²) in [5.74, 6) is 0. The van der Waals surface area contributed by atoms with Crippen molar-refractivity contribution in [2.75, 3.05) is 0 Å². The second kappa shape index (κ2) is 3.27. The third kappa shape index (κ3) is 1.67. The van der Waals surface area contributed by atoms with Crippen molar-refractivity contribution in [2.45, 2.75) is 39.3 Å². The van der Waals surface area contributed by atoms with Gasteiger partial charge in [0.2, 0.25) is 0 Å². The van der Waals surface area contributed by atoms with Crippen LogP contribution in [-0.4, -0.2) is 9.55 Å². The number of imidazole rings is 1. The van der Waals surface area contributed by atoms with Gasteiger partial charge in [-0.3, -0.25) is 0 Å². The lowest BCUT2D eigenvalue weighted by atomic mass is 10.0. The molecule has 68 valence electrons. The lowest BCUT2D eigenvalue weighted by Gasteiger charge is -2.24. The van der Waals surface area contributed by atoms with Gasteiger partial charge >= 0.3 is 0 Å². The maximum atomic E-state index is 5.47. The van der Waals surface area contributed by atoms with Gasteiger partial charge in [0.05, 0.1) is 12.0 Å². The van der Waals surface area contributed by atoms with Gasteiger partial charge in [0, 0.05) is 18.3 Å². The molecule has 0 spiro atoms. The molecule has 0 bridgehead atoms. The van der Waals surface area contributed by atoms with Crippen molar-refractivity contribution in [1.29, 1.82) is 0 Å². The van der Waals surface area contributed by atoms with Crippen LogP contribution in [0.4, 0.5) is 0 Å². The maximum absolute atomic E-state index is 5.47. The molecule has 12 heavy (non-hydrogen) atoms. The van der Waals surface area contributed by atoms with Crippen LogP contribution in [0, 0.1) is 0 Å². The third-order valence-corrected chi connectivity index (χ3v) is 2.41. The molecule has 0 fully saturated rings. The van der Waals surface area contributed by atoms with Crippen LogP contribution in [-0.2, 0) is 12.1 Å². The molecule has 0 unspecified atom stereocenters.